The third-order valence-corrected chi connectivity index (χ3v) is 9.82. The maximum Gasteiger partial charge on any atom is 0.380 e. The van der Waals surface area contributed by atoms with Crippen LogP contribution in [0.5, 0.6) is 0 Å². The monoisotopic (exact) mass is 642 g/mol. The van der Waals surface area contributed by atoms with Gasteiger partial charge in [0.1, 0.15) is 0 Å². The number of aryl methyl sites for hydroxylation is 6. The van der Waals surface area contributed by atoms with Crippen LogP contribution in [-0.4, -0.2) is 26.9 Å². The summed E-state index contributed by atoms with van der Waals surface area (Å²) in [7, 11) is 2.92. The Morgan fingerprint density at radius 1 is 0.447 bits per heavy atom. The standard InChI is InChI=1S/C39H32F6N2/c1-21-7-11-25(12-8-21)27-15-17-29-23(3)35(46(5)31(29)19-27)33-34(38(42,43)39(44,45)37(33,40)41)36-24(4)30-18-16-28(20-32(30)47(36)6)26-13-9-22(2)10-14-26/h7-20H,1-6H3. The molecule has 0 amide bonds. The largest absolute Gasteiger partial charge is 0.380 e. The summed E-state index contributed by atoms with van der Waals surface area (Å²) >= 11 is 0. The molecule has 0 saturated heterocycles. The van der Waals surface area contributed by atoms with E-state index in [2.05, 4.69) is 0 Å². The molecule has 0 saturated carbocycles. The Hall–Kier alpha value is -4.72. The van der Waals surface area contributed by atoms with Crippen molar-refractivity contribution in [3.8, 4) is 22.3 Å². The first-order valence-corrected chi connectivity index (χ1v) is 15.3. The minimum Gasteiger partial charge on any atom is -0.343 e. The van der Waals surface area contributed by atoms with Crippen molar-refractivity contribution in [1.29, 1.82) is 0 Å². The lowest BCUT2D eigenvalue weighted by molar-refractivity contribution is -0.254. The molecule has 6 aromatic rings. The van der Waals surface area contributed by atoms with Crippen molar-refractivity contribution < 1.29 is 26.3 Å². The van der Waals surface area contributed by atoms with Crippen LogP contribution in [0.2, 0.25) is 0 Å². The first-order valence-electron chi connectivity index (χ1n) is 15.3. The molecule has 2 nitrogen and oxygen atoms in total. The highest BCUT2D eigenvalue weighted by Crippen LogP contribution is 2.65. The summed E-state index contributed by atoms with van der Waals surface area (Å²) in [6.07, 6.45) is 0. The highest BCUT2D eigenvalue weighted by Gasteiger charge is 2.81. The molecule has 0 fully saturated rings. The Balaban J connectivity index is 1.52. The molecular weight excluding hydrogens is 610 g/mol. The minimum absolute atomic E-state index is 0.219. The topological polar surface area (TPSA) is 9.86 Å². The molecule has 0 aliphatic heterocycles. The molecular formula is C39H32F6N2. The van der Waals surface area contributed by atoms with Crippen LogP contribution in [0, 0.1) is 27.7 Å². The highest BCUT2D eigenvalue weighted by molar-refractivity contribution is 6.07. The van der Waals surface area contributed by atoms with Gasteiger partial charge in [0.2, 0.25) is 0 Å². The number of rotatable bonds is 4. The van der Waals surface area contributed by atoms with Crippen molar-refractivity contribution in [3.05, 3.63) is 119 Å². The van der Waals surface area contributed by atoms with Crippen LogP contribution in [0.25, 0.3) is 55.2 Å². The molecule has 0 spiro atoms. The summed E-state index contributed by atoms with van der Waals surface area (Å²) < 4.78 is 98.1. The highest BCUT2D eigenvalue weighted by atomic mass is 19.3. The van der Waals surface area contributed by atoms with Crippen LogP contribution >= 0.6 is 0 Å². The van der Waals surface area contributed by atoms with Gasteiger partial charge in [0.25, 0.3) is 0 Å². The van der Waals surface area contributed by atoms with Gasteiger partial charge in [0, 0.05) is 35.9 Å². The van der Waals surface area contributed by atoms with Gasteiger partial charge in [0.05, 0.1) is 22.5 Å². The molecule has 0 bridgehead atoms. The summed E-state index contributed by atoms with van der Waals surface area (Å²) in [4.78, 5) is 0. The average molecular weight is 643 g/mol. The zero-order chi connectivity index (χ0) is 33.8. The van der Waals surface area contributed by atoms with Crippen LogP contribution < -0.4 is 0 Å². The zero-order valence-electron chi connectivity index (χ0n) is 26.7. The Morgan fingerprint density at radius 2 is 0.766 bits per heavy atom. The van der Waals surface area contributed by atoms with Crippen LogP contribution in [0.15, 0.2) is 84.9 Å². The summed E-state index contributed by atoms with van der Waals surface area (Å²) in [5.41, 5.74) is 3.40. The van der Waals surface area contributed by atoms with E-state index >= 15 is 26.3 Å². The molecule has 0 atom stereocenters. The molecule has 2 aromatic heterocycles. The molecule has 240 valence electrons. The molecule has 47 heavy (non-hydrogen) atoms. The first kappa shape index (κ1) is 30.9. The fraction of sp³-hybridized carbons (Fsp3) is 0.231. The van der Waals surface area contributed by atoms with Crippen molar-refractivity contribution in [2.24, 2.45) is 14.1 Å². The number of hydrogen-bond donors (Lipinski definition) is 0. The summed E-state index contributed by atoms with van der Waals surface area (Å²) in [5, 5.41) is 1.02. The van der Waals surface area contributed by atoms with Gasteiger partial charge in [-0.3, -0.25) is 0 Å². The third kappa shape index (κ3) is 4.19. The number of aromatic nitrogens is 2. The van der Waals surface area contributed by atoms with E-state index in [1.165, 1.54) is 37.1 Å². The molecule has 0 radical (unpaired) electrons. The maximum absolute atomic E-state index is 16.1. The lowest BCUT2D eigenvalue weighted by atomic mass is 9.96. The lowest BCUT2D eigenvalue weighted by Gasteiger charge is -2.26. The number of alkyl halides is 6. The van der Waals surface area contributed by atoms with Crippen molar-refractivity contribution in [1.82, 2.24) is 9.13 Å². The summed E-state index contributed by atoms with van der Waals surface area (Å²) in [6, 6.07) is 26.1. The van der Waals surface area contributed by atoms with E-state index in [4.69, 9.17) is 0 Å². The Kier molecular flexibility index (Phi) is 6.67. The second kappa shape index (κ2) is 10.1. The van der Waals surface area contributed by atoms with E-state index in [1.807, 2.05) is 74.5 Å². The average Bonchev–Trinajstić information content (AvgIpc) is 3.46. The van der Waals surface area contributed by atoms with Gasteiger partial charge in [-0.05, 0) is 73.2 Å². The fourth-order valence-electron chi connectivity index (χ4n) is 7.17. The Bertz CT molecular complexity index is 2110. The van der Waals surface area contributed by atoms with Gasteiger partial charge in [-0.25, -0.2) is 0 Å². The molecule has 8 heteroatoms. The maximum atomic E-state index is 16.1. The number of halogens is 6. The number of hydrogen-bond acceptors (Lipinski definition) is 0. The Labute approximate surface area is 268 Å². The van der Waals surface area contributed by atoms with Gasteiger partial charge < -0.3 is 9.13 Å². The van der Waals surface area contributed by atoms with Crippen molar-refractivity contribution >= 4 is 33.0 Å². The van der Waals surface area contributed by atoms with Gasteiger partial charge in [-0.2, -0.15) is 26.3 Å². The zero-order valence-corrected chi connectivity index (χ0v) is 26.7. The fourth-order valence-corrected chi connectivity index (χ4v) is 7.17. The van der Waals surface area contributed by atoms with Crippen molar-refractivity contribution in [3.63, 3.8) is 0 Å². The van der Waals surface area contributed by atoms with Crippen LogP contribution in [0.1, 0.15) is 33.6 Å². The van der Waals surface area contributed by atoms with E-state index in [1.54, 1.807) is 24.3 Å². The normalized spacial score (nSPS) is 16.9. The van der Waals surface area contributed by atoms with E-state index in [9.17, 15) is 0 Å². The summed E-state index contributed by atoms with van der Waals surface area (Å²) in [6.45, 7) is 6.94. The predicted molar refractivity (Wildman–Crippen MR) is 177 cm³/mol. The van der Waals surface area contributed by atoms with E-state index < -0.39 is 28.9 Å². The molecule has 7 rings (SSSR count). The number of allylic oxidation sites excluding steroid dienone is 2. The molecule has 0 N–H and O–H groups in total. The number of nitrogens with zero attached hydrogens (tertiary/aromatic N) is 2. The van der Waals surface area contributed by atoms with Gasteiger partial charge in [-0.15, -0.1) is 0 Å². The number of fused-ring (bicyclic) bond motifs is 2. The van der Waals surface area contributed by atoms with Crippen LogP contribution in [-0.2, 0) is 14.1 Å². The lowest BCUT2D eigenvalue weighted by Crippen LogP contribution is -2.49. The van der Waals surface area contributed by atoms with E-state index in [0.29, 0.717) is 21.8 Å². The second-order valence-corrected chi connectivity index (χ2v) is 12.7. The third-order valence-electron chi connectivity index (χ3n) is 9.82. The summed E-state index contributed by atoms with van der Waals surface area (Å²) in [5.74, 6) is -16.0. The van der Waals surface area contributed by atoms with Crippen LogP contribution in [0.3, 0.4) is 0 Å². The molecule has 0 unspecified atom stereocenters. The number of benzene rings is 4. The quantitative estimate of drug-likeness (QED) is 0.169. The minimum atomic E-state index is -5.67. The van der Waals surface area contributed by atoms with Crippen molar-refractivity contribution in [2.45, 2.75) is 45.5 Å². The molecule has 1 aliphatic rings. The van der Waals surface area contributed by atoms with Gasteiger partial charge in [-0.1, -0.05) is 83.9 Å². The molecule has 4 aromatic carbocycles. The van der Waals surface area contributed by atoms with E-state index in [0.717, 1.165) is 33.4 Å². The van der Waals surface area contributed by atoms with Crippen molar-refractivity contribution in [2.75, 3.05) is 0 Å². The second-order valence-electron chi connectivity index (χ2n) is 12.7. The molecule has 2 heterocycles. The Morgan fingerprint density at radius 3 is 1.11 bits per heavy atom. The molecule has 1 aliphatic carbocycles. The smallest absolute Gasteiger partial charge is 0.343 e. The first-order chi connectivity index (χ1) is 22.1. The predicted octanol–water partition coefficient (Wildman–Crippen LogP) is 11.1. The SMILES string of the molecule is Cc1ccc(-c2ccc3c(C)c(C4=C(c5c(C)c6ccc(-c7ccc(C)cc7)cc6n5C)C(F)(F)C(F)(F)C4(F)F)n(C)c3c2)cc1. The van der Waals surface area contributed by atoms with Crippen LogP contribution in [0.4, 0.5) is 26.3 Å². The van der Waals surface area contributed by atoms with Gasteiger partial charge in [0.15, 0.2) is 0 Å². The van der Waals surface area contributed by atoms with Gasteiger partial charge >= 0.3 is 17.8 Å². The van der Waals surface area contributed by atoms with E-state index in [-0.39, 0.29) is 22.5 Å².